The highest BCUT2D eigenvalue weighted by Gasteiger charge is 2.34. The first-order chi connectivity index (χ1) is 15.4. The van der Waals surface area contributed by atoms with Gasteiger partial charge >= 0.3 is 24.0 Å². The second-order valence-electron chi connectivity index (χ2n) is 8.48. The zero-order chi connectivity index (χ0) is 25.2. The molecule has 184 valence electrons. The average Bonchev–Trinajstić information content (AvgIpc) is 2.67. The van der Waals surface area contributed by atoms with Crippen molar-refractivity contribution < 1.29 is 38.1 Å². The average molecular weight is 466 g/mol. The van der Waals surface area contributed by atoms with Crippen LogP contribution in [0.3, 0.4) is 0 Å². The van der Waals surface area contributed by atoms with E-state index in [9.17, 15) is 19.2 Å². The molecule has 0 heterocycles. The van der Waals surface area contributed by atoms with Crippen LogP contribution in [0.15, 0.2) is 18.2 Å². The number of hydrogen-bond donors (Lipinski definition) is 1. The van der Waals surface area contributed by atoms with Crippen molar-refractivity contribution in [2.24, 2.45) is 5.92 Å². The van der Waals surface area contributed by atoms with E-state index in [-0.39, 0.29) is 26.2 Å². The third kappa shape index (κ3) is 9.93. The molecule has 1 amide bonds. The van der Waals surface area contributed by atoms with Gasteiger partial charge < -0.3 is 18.9 Å². The maximum absolute atomic E-state index is 12.7. The van der Waals surface area contributed by atoms with Gasteiger partial charge in [0.25, 0.3) is 0 Å². The van der Waals surface area contributed by atoms with E-state index in [0.717, 1.165) is 0 Å². The van der Waals surface area contributed by atoms with Gasteiger partial charge in [0.15, 0.2) is 0 Å². The van der Waals surface area contributed by atoms with E-state index in [1.165, 1.54) is 6.92 Å². The van der Waals surface area contributed by atoms with Crippen LogP contribution in [0.2, 0.25) is 0 Å². The number of carbonyl (C=O) groups excluding carboxylic acids is 4. The molecule has 1 rings (SSSR count). The van der Waals surface area contributed by atoms with Gasteiger partial charge in [0, 0.05) is 18.5 Å². The summed E-state index contributed by atoms with van der Waals surface area (Å²) < 4.78 is 20.7. The van der Waals surface area contributed by atoms with Crippen LogP contribution < -0.4 is 5.32 Å². The fraction of sp³-hybridized carbons (Fsp3) is 0.583. The number of carbonyl (C=O) groups is 4. The normalized spacial score (nSPS) is 12.8. The first-order valence-corrected chi connectivity index (χ1v) is 10.9. The highest BCUT2D eigenvalue weighted by atomic mass is 16.6. The van der Waals surface area contributed by atoms with Gasteiger partial charge in [0.1, 0.15) is 5.60 Å². The van der Waals surface area contributed by atoms with Crippen molar-refractivity contribution in [3.8, 4) is 0 Å². The zero-order valence-corrected chi connectivity index (χ0v) is 20.5. The molecule has 2 atom stereocenters. The summed E-state index contributed by atoms with van der Waals surface area (Å²) in [4.78, 5) is 48.5. The molecule has 0 aliphatic carbocycles. The minimum atomic E-state index is -0.924. The van der Waals surface area contributed by atoms with E-state index in [4.69, 9.17) is 18.9 Å². The Morgan fingerprint density at radius 3 is 2.15 bits per heavy atom. The van der Waals surface area contributed by atoms with Crippen molar-refractivity contribution >= 4 is 29.7 Å². The lowest BCUT2D eigenvalue weighted by molar-refractivity contribution is -0.157. The van der Waals surface area contributed by atoms with E-state index in [1.54, 1.807) is 59.7 Å². The van der Waals surface area contributed by atoms with E-state index in [0.29, 0.717) is 16.8 Å². The van der Waals surface area contributed by atoms with Gasteiger partial charge in [-0.05, 0) is 58.7 Å². The highest BCUT2D eigenvalue weighted by molar-refractivity contribution is 5.86. The maximum Gasteiger partial charge on any atom is 0.412 e. The molecule has 33 heavy (non-hydrogen) atoms. The molecule has 0 saturated heterocycles. The maximum atomic E-state index is 12.7. The standard InChI is InChI=1S/C24H35NO8/c1-8-30-21(27)13-18(22(28)31-9-2)19(14-32-16(4)26)17-10-11-20(15(3)12-17)25-23(29)33-24(5,6)7/h10-12,18-19H,8-9,13-14H2,1-7H3,(H,25,29)/t18-,19?/m0/s1. The van der Waals surface area contributed by atoms with Crippen LogP contribution in [0.25, 0.3) is 0 Å². The molecule has 0 aromatic heterocycles. The predicted octanol–water partition coefficient (Wildman–Crippen LogP) is 4.12. The summed E-state index contributed by atoms with van der Waals surface area (Å²) in [5, 5.41) is 2.69. The summed E-state index contributed by atoms with van der Waals surface area (Å²) in [5.74, 6) is -3.24. The van der Waals surface area contributed by atoms with Gasteiger partial charge in [-0.2, -0.15) is 0 Å². The summed E-state index contributed by atoms with van der Waals surface area (Å²) in [6.07, 6.45) is -0.822. The summed E-state index contributed by atoms with van der Waals surface area (Å²) in [5.41, 5.74) is 1.22. The third-order valence-electron chi connectivity index (χ3n) is 4.55. The van der Waals surface area contributed by atoms with Gasteiger partial charge in [0.2, 0.25) is 0 Å². The van der Waals surface area contributed by atoms with E-state index in [1.807, 2.05) is 0 Å². The molecule has 0 aliphatic rings. The Balaban J connectivity index is 3.27. The zero-order valence-electron chi connectivity index (χ0n) is 20.5. The summed E-state index contributed by atoms with van der Waals surface area (Å²) in [7, 11) is 0. The van der Waals surface area contributed by atoms with Gasteiger partial charge in [-0.1, -0.05) is 12.1 Å². The number of hydrogen-bond acceptors (Lipinski definition) is 8. The molecule has 0 aliphatic heterocycles. The number of nitrogens with one attached hydrogen (secondary N) is 1. The molecule has 0 spiro atoms. The van der Waals surface area contributed by atoms with Gasteiger partial charge in [0.05, 0.1) is 32.2 Å². The van der Waals surface area contributed by atoms with Gasteiger partial charge in [-0.15, -0.1) is 0 Å². The highest BCUT2D eigenvalue weighted by Crippen LogP contribution is 2.32. The van der Waals surface area contributed by atoms with Crippen LogP contribution >= 0.6 is 0 Å². The Morgan fingerprint density at radius 1 is 1.00 bits per heavy atom. The fourth-order valence-electron chi connectivity index (χ4n) is 3.16. The molecular weight excluding hydrogens is 430 g/mol. The quantitative estimate of drug-likeness (QED) is 0.405. The van der Waals surface area contributed by atoms with E-state index >= 15 is 0 Å². The molecule has 0 radical (unpaired) electrons. The van der Waals surface area contributed by atoms with Crippen molar-refractivity contribution in [3.05, 3.63) is 29.3 Å². The molecule has 9 heteroatoms. The lowest BCUT2D eigenvalue weighted by Gasteiger charge is -2.26. The molecule has 1 aromatic carbocycles. The van der Waals surface area contributed by atoms with E-state index in [2.05, 4.69) is 5.32 Å². The van der Waals surface area contributed by atoms with Crippen molar-refractivity contribution in [1.29, 1.82) is 0 Å². The largest absolute Gasteiger partial charge is 0.466 e. The Hall–Kier alpha value is -3.10. The smallest absolute Gasteiger partial charge is 0.412 e. The van der Waals surface area contributed by atoms with Gasteiger partial charge in [-0.25, -0.2) is 4.79 Å². The minimum Gasteiger partial charge on any atom is -0.466 e. The lowest BCUT2D eigenvalue weighted by Crippen LogP contribution is -2.31. The van der Waals surface area contributed by atoms with Crippen molar-refractivity contribution in [3.63, 3.8) is 0 Å². The lowest BCUT2D eigenvalue weighted by atomic mass is 9.83. The Morgan fingerprint density at radius 2 is 1.64 bits per heavy atom. The first kappa shape index (κ1) is 27.9. The molecule has 0 saturated carbocycles. The number of aryl methyl sites for hydroxylation is 1. The molecule has 1 aromatic rings. The van der Waals surface area contributed by atoms with Crippen LogP contribution in [-0.2, 0) is 33.3 Å². The van der Waals surface area contributed by atoms with Crippen LogP contribution in [0.1, 0.15) is 65.0 Å². The Labute approximate surface area is 195 Å². The molecule has 1 N–H and O–H groups in total. The third-order valence-corrected chi connectivity index (χ3v) is 4.55. The molecule has 9 nitrogen and oxygen atoms in total. The predicted molar refractivity (Wildman–Crippen MR) is 122 cm³/mol. The first-order valence-electron chi connectivity index (χ1n) is 10.9. The molecule has 0 fully saturated rings. The number of ether oxygens (including phenoxy) is 4. The van der Waals surface area contributed by atoms with Crippen LogP contribution in [0.5, 0.6) is 0 Å². The van der Waals surface area contributed by atoms with E-state index < -0.39 is 41.4 Å². The van der Waals surface area contributed by atoms with Crippen LogP contribution in [0, 0.1) is 12.8 Å². The number of esters is 3. The Bertz CT molecular complexity index is 843. The summed E-state index contributed by atoms with van der Waals surface area (Å²) >= 11 is 0. The second-order valence-corrected chi connectivity index (χ2v) is 8.48. The minimum absolute atomic E-state index is 0.128. The number of rotatable bonds is 10. The molecule has 1 unspecified atom stereocenters. The summed E-state index contributed by atoms with van der Waals surface area (Å²) in [6, 6.07) is 5.13. The summed E-state index contributed by atoms with van der Waals surface area (Å²) in [6.45, 7) is 11.9. The van der Waals surface area contributed by atoms with Crippen LogP contribution in [-0.4, -0.2) is 49.4 Å². The number of amides is 1. The number of benzene rings is 1. The van der Waals surface area contributed by atoms with Crippen LogP contribution in [0.4, 0.5) is 10.5 Å². The Kier molecular flexibility index (Phi) is 10.8. The second kappa shape index (κ2) is 12.8. The van der Waals surface area contributed by atoms with Crippen molar-refractivity contribution in [2.75, 3.05) is 25.1 Å². The van der Waals surface area contributed by atoms with Crippen molar-refractivity contribution in [2.45, 2.75) is 66.4 Å². The molecular formula is C24H35NO8. The number of anilines is 1. The molecule has 0 bridgehead atoms. The van der Waals surface area contributed by atoms with Crippen molar-refractivity contribution in [1.82, 2.24) is 0 Å². The monoisotopic (exact) mass is 465 g/mol. The topological polar surface area (TPSA) is 117 Å². The SMILES string of the molecule is CCOC(=O)C[C@H](C(=O)OCC)C(COC(C)=O)c1ccc(NC(=O)OC(C)(C)C)c(C)c1. The van der Waals surface area contributed by atoms with Gasteiger partial charge in [-0.3, -0.25) is 19.7 Å². The fourth-order valence-corrected chi connectivity index (χ4v) is 3.16.